The van der Waals surface area contributed by atoms with E-state index in [-0.39, 0.29) is 12.3 Å². The quantitative estimate of drug-likeness (QED) is 0.744. The molecule has 1 heterocycles. The number of nitrogens with zero attached hydrogens (tertiary/aromatic N) is 1. The lowest BCUT2D eigenvalue weighted by atomic mass is 10.1. The van der Waals surface area contributed by atoms with Gasteiger partial charge in [-0.15, -0.1) is 0 Å². The number of hydrogen-bond donors (Lipinski definition) is 3. The van der Waals surface area contributed by atoms with Crippen LogP contribution < -0.4 is 5.32 Å². The Morgan fingerprint density at radius 2 is 2.15 bits per heavy atom. The molecule has 2 aromatic rings. The molecule has 0 fully saturated rings. The fraction of sp³-hybridized carbons (Fsp3) is 0.357. The molecule has 0 spiro atoms. The van der Waals surface area contributed by atoms with Gasteiger partial charge < -0.3 is 10.4 Å². The van der Waals surface area contributed by atoms with Crippen molar-refractivity contribution in [2.24, 2.45) is 0 Å². The zero-order valence-corrected chi connectivity index (χ0v) is 11.2. The molecule has 0 radical (unpaired) electrons. The number of aromatic amines is 1. The number of H-pyrrole nitrogens is 1. The maximum atomic E-state index is 11.9. The summed E-state index contributed by atoms with van der Waals surface area (Å²) in [5.41, 5.74) is 1.48. The van der Waals surface area contributed by atoms with Crippen LogP contribution in [0.25, 0.3) is 10.9 Å². The fourth-order valence-corrected chi connectivity index (χ4v) is 2.10. The number of carboxylic acids is 1. The number of carbonyl (C=O) groups excluding carboxylic acids is 1. The van der Waals surface area contributed by atoms with Crippen molar-refractivity contribution in [2.45, 2.75) is 32.2 Å². The first-order valence-corrected chi connectivity index (χ1v) is 6.56. The van der Waals surface area contributed by atoms with E-state index in [1.54, 1.807) is 0 Å². The molecule has 1 amide bonds. The lowest BCUT2D eigenvalue weighted by molar-refractivity contribution is -0.141. The zero-order chi connectivity index (χ0) is 14.5. The third-order valence-corrected chi connectivity index (χ3v) is 3.09. The maximum Gasteiger partial charge on any atom is 0.326 e. The first-order valence-electron chi connectivity index (χ1n) is 6.56. The molecule has 0 saturated heterocycles. The Morgan fingerprint density at radius 3 is 2.85 bits per heavy atom. The number of hydrogen-bond acceptors (Lipinski definition) is 3. The molecule has 20 heavy (non-hydrogen) atoms. The predicted octanol–water partition coefficient (Wildman–Crippen LogP) is 1.47. The molecular formula is C14H17N3O3. The van der Waals surface area contributed by atoms with E-state index in [2.05, 4.69) is 15.5 Å². The van der Waals surface area contributed by atoms with Gasteiger partial charge in [-0.25, -0.2) is 4.79 Å². The summed E-state index contributed by atoms with van der Waals surface area (Å²) in [7, 11) is 0. The van der Waals surface area contributed by atoms with Gasteiger partial charge in [-0.1, -0.05) is 31.5 Å². The Morgan fingerprint density at radius 1 is 1.40 bits per heavy atom. The van der Waals surface area contributed by atoms with E-state index in [0.717, 1.165) is 10.9 Å². The second kappa shape index (κ2) is 6.18. The van der Waals surface area contributed by atoms with Crippen molar-refractivity contribution in [1.82, 2.24) is 15.5 Å². The summed E-state index contributed by atoms with van der Waals surface area (Å²) < 4.78 is 0. The first-order chi connectivity index (χ1) is 9.61. The van der Waals surface area contributed by atoms with Crippen molar-refractivity contribution >= 4 is 22.8 Å². The van der Waals surface area contributed by atoms with Gasteiger partial charge >= 0.3 is 5.97 Å². The molecule has 0 saturated carbocycles. The lowest BCUT2D eigenvalue weighted by Crippen LogP contribution is -2.41. The van der Waals surface area contributed by atoms with Crippen molar-refractivity contribution < 1.29 is 14.7 Å². The number of para-hydroxylation sites is 1. The van der Waals surface area contributed by atoms with E-state index in [4.69, 9.17) is 5.11 Å². The zero-order valence-electron chi connectivity index (χ0n) is 11.2. The molecule has 1 atom stereocenters. The number of carbonyl (C=O) groups is 2. The highest BCUT2D eigenvalue weighted by Crippen LogP contribution is 2.15. The average Bonchev–Trinajstić information content (AvgIpc) is 2.81. The van der Waals surface area contributed by atoms with E-state index in [1.165, 1.54) is 0 Å². The SMILES string of the molecule is CCCC(NC(=O)Cc1[nH]nc2ccccc12)C(=O)O. The first kappa shape index (κ1) is 14.0. The van der Waals surface area contributed by atoms with Crippen molar-refractivity contribution in [1.29, 1.82) is 0 Å². The Labute approximate surface area is 116 Å². The normalized spacial score (nSPS) is 12.2. The van der Waals surface area contributed by atoms with Crippen LogP contribution in [0.2, 0.25) is 0 Å². The van der Waals surface area contributed by atoms with E-state index in [9.17, 15) is 9.59 Å². The van der Waals surface area contributed by atoms with Gasteiger partial charge in [-0.05, 0) is 12.5 Å². The molecule has 0 aliphatic rings. The van der Waals surface area contributed by atoms with Crippen molar-refractivity contribution in [3.05, 3.63) is 30.0 Å². The van der Waals surface area contributed by atoms with E-state index in [0.29, 0.717) is 18.5 Å². The summed E-state index contributed by atoms with van der Waals surface area (Å²) in [5, 5.41) is 19.4. The summed E-state index contributed by atoms with van der Waals surface area (Å²) in [5.74, 6) is -1.32. The molecule has 1 aromatic carbocycles. The molecule has 0 aliphatic carbocycles. The number of carboxylic acid groups (broad SMARTS) is 1. The third-order valence-electron chi connectivity index (χ3n) is 3.09. The minimum absolute atomic E-state index is 0.0913. The molecular weight excluding hydrogens is 258 g/mol. The molecule has 106 valence electrons. The standard InChI is InChI=1S/C14H17N3O3/c1-2-5-11(14(19)20)15-13(18)8-12-9-6-3-4-7-10(9)16-17-12/h3-4,6-7,11H,2,5,8H2,1H3,(H,15,18)(H,16,17)(H,19,20). The van der Waals surface area contributed by atoms with Crippen molar-refractivity contribution in [2.75, 3.05) is 0 Å². The molecule has 1 unspecified atom stereocenters. The number of amides is 1. The van der Waals surface area contributed by atoms with Crippen LogP contribution in [-0.4, -0.2) is 33.2 Å². The predicted molar refractivity (Wildman–Crippen MR) is 74.3 cm³/mol. The Kier molecular flexibility index (Phi) is 4.34. The number of benzene rings is 1. The summed E-state index contributed by atoms with van der Waals surface area (Å²) in [6, 6.07) is 6.64. The minimum Gasteiger partial charge on any atom is -0.480 e. The van der Waals surface area contributed by atoms with Gasteiger partial charge in [-0.2, -0.15) is 5.10 Å². The topological polar surface area (TPSA) is 95.1 Å². The summed E-state index contributed by atoms with van der Waals surface area (Å²) in [6.07, 6.45) is 1.21. The summed E-state index contributed by atoms with van der Waals surface area (Å²) in [4.78, 5) is 22.9. The fourth-order valence-electron chi connectivity index (χ4n) is 2.10. The number of nitrogens with one attached hydrogen (secondary N) is 2. The number of fused-ring (bicyclic) bond motifs is 1. The molecule has 0 bridgehead atoms. The van der Waals surface area contributed by atoms with Crippen LogP contribution in [0.15, 0.2) is 24.3 Å². The highest BCUT2D eigenvalue weighted by molar-refractivity contribution is 5.89. The van der Waals surface area contributed by atoms with E-state index in [1.807, 2.05) is 31.2 Å². The van der Waals surface area contributed by atoms with Crippen LogP contribution in [0, 0.1) is 0 Å². The smallest absolute Gasteiger partial charge is 0.326 e. The van der Waals surface area contributed by atoms with Gasteiger partial charge in [0.1, 0.15) is 6.04 Å². The number of aromatic nitrogens is 2. The Hall–Kier alpha value is -2.37. The van der Waals surface area contributed by atoms with Gasteiger partial charge in [0.25, 0.3) is 0 Å². The Bertz CT molecular complexity index is 621. The summed E-state index contributed by atoms with van der Waals surface area (Å²) in [6.45, 7) is 1.88. The van der Waals surface area contributed by atoms with Gasteiger partial charge in [0, 0.05) is 5.39 Å². The highest BCUT2D eigenvalue weighted by atomic mass is 16.4. The number of rotatable bonds is 6. The minimum atomic E-state index is -1.00. The van der Waals surface area contributed by atoms with Gasteiger partial charge in [0.2, 0.25) is 5.91 Å². The number of aliphatic carboxylic acids is 1. The van der Waals surface area contributed by atoms with Crippen LogP contribution in [0.1, 0.15) is 25.5 Å². The van der Waals surface area contributed by atoms with Gasteiger partial charge in [-0.3, -0.25) is 9.89 Å². The van der Waals surface area contributed by atoms with Crippen LogP contribution in [-0.2, 0) is 16.0 Å². The molecule has 2 rings (SSSR count). The van der Waals surface area contributed by atoms with Crippen LogP contribution in [0.3, 0.4) is 0 Å². The second-order valence-corrected chi connectivity index (χ2v) is 4.64. The van der Waals surface area contributed by atoms with Crippen LogP contribution >= 0.6 is 0 Å². The third kappa shape index (κ3) is 3.14. The molecule has 6 heteroatoms. The largest absolute Gasteiger partial charge is 0.480 e. The van der Waals surface area contributed by atoms with E-state index >= 15 is 0 Å². The monoisotopic (exact) mass is 275 g/mol. The summed E-state index contributed by atoms with van der Waals surface area (Å²) >= 11 is 0. The highest BCUT2D eigenvalue weighted by Gasteiger charge is 2.19. The molecule has 1 aromatic heterocycles. The average molecular weight is 275 g/mol. The molecule has 0 aliphatic heterocycles. The lowest BCUT2D eigenvalue weighted by Gasteiger charge is -2.13. The molecule has 6 nitrogen and oxygen atoms in total. The Balaban J connectivity index is 2.06. The van der Waals surface area contributed by atoms with Gasteiger partial charge in [0.15, 0.2) is 0 Å². The second-order valence-electron chi connectivity index (χ2n) is 4.64. The van der Waals surface area contributed by atoms with Crippen molar-refractivity contribution in [3.8, 4) is 0 Å². The van der Waals surface area contributed by atoms with Crippen LogP contribution in [0.5, 0.6) is 0 Å². The van der Waals surface area contributed by atoms with Crippen LogP contribution in [0.4, 0.5) is 0 Å². The van der Waals surface area contributed by atoms with Gasteiger partial charge in [0.05, 0.1) is 17.6 Å². The molecule has 3 N–H and O–H groups in total. The maximum absolute atomic E-state index is 11.9. The van der Waals surface area contributed by atoms with E-state index < -0.39 is 12.0 Å². The van der Waals surface area contributed by atoms with Crippen molar-refractivity contribution in [3.63, 3.8) is 0 Å².